The Bertz CT molecular complexity index is 381. The number of aromatic hydroxyl groups is 1. The third-order valence-corrected chi connectivity index (χ3v) is 2.51. The fourth-order valence-corrected chi connectivity index (χ4v) is 1.71. The van der Waals surface area contributed by atoms with Crippen LogP contribution in [0.2, 0.25) is 0 Å². The van der Waals surface area contributed by atoms with Crippen LogP contribution in [-0.2, 0) is 4.74 Å². The smallest absolute Gasteiger partial charge is 0.220 e. The molecule has 1 aromatic carbocycles. The second kappa shape index (κ2) is 3.80. The molecule has 1 aliphatic heterocycles. The van der Waals surface area contributed by atoms with E-state index in [-0.39, 0.29) is 17.1 Å². The van der Waals surface area contributed by atoms with Crippen LogP contribution in [-0.4, -0.2) is 18.3 Å². The zero-order valence-electron chi connectivity index (χ0n) is 7.77. The SMILES string of the molecule is O=c1ccccc(C2CCOC2)c1O. The molecular formula is C11H12O3. The molecule has 0 aliphatic carbocycles. The van der Waals surface area contributed by atoms with E-state index in [1.165, 1.54) is 6.07 Å². The summed E-state index contributed by atoms with van der Waals surface area (Å²) in [6, 6.07) is 6.57. The van der Waals surface area contributed by atoms with E-state index in [9.17, 15) is 9.90 Å². The molecule has 1 unspecified atom stereocenters. The van der Waals surface area contributed by atoms with Gasteiger partial charge in [0.25, 0.3) is 0 Å². The Morgan fingerprint density at radius 2 is 2.14 bits per heavy atom. The predicted octanol–water partition coefficient (Wildman–Crippen LogP) is 1.26. The van der Waals surface area contributed by atoms with Crippen LogP contribution in [0.15, 0.2) is 29.1 Å². The molecule has 0 amide bonds. The van der Waals surface area contributed by atoms with Gasteiger partial charge in [-0.25, -0.2) is 0 Å². The van der Waals surface area contributed by atoms with Crippen LogP contribution in [0, 0.1) is 0 Å². The van der Waals surface area contributed by atoms with Crippen LogP contribution in [0.25, 0.3) is 0 Å². The van der Waals surface area contributed by atoms with E-state index in [4.69, 9.17) is 4.74 Å². The van der Waals surface area contributed by atoms with Gasteiger partial charge in [-0.3, -0.25) is 4.79 Å². The minimum Gasteiger partial charge on any atom is -0.504 e. The maximum Gasteiger partial charge on any atom is 0.220 e. The Morgan fingerprint density at radius 1 is 1.36 bits per heavy atom. The van der Waals surface area contributed by atoms with E-state index in [1.54, 1.807) is 18.2 Å². The number of rotatable bonds is 1. The molecule has 1 aliphatic rings. The number of hydrogen-bond acceptors (Lipinski definition) is 3. The van der Waals surface area contributed by atoms with E-state index in [1.807, 2.05) is 0 Å². The molecule has 0 spiro atoms. The summed E-state index contributed by atoms with van der Waals surface area (Å²) in [4.78, 5) is 11.3. The first-order chi connectivity index (χ1) is 6.79. The third-order valence-electron chi connectivity index (χ3n) is 2.51. The number of ether oxygens (including phenoxy) is 1. The van der Waals surface area contributed by atoms with Crippen molar-refractivity contribution in [1.82, 2.24) is 0 Å². The lowest BCUT2D eigenvalue weighted by molar-refractivity contribution is 0.193. The van der Waals surface area contributed by atoms with Gasteiger partial charge in [-0.05, 0) is 12.5 Å². The van der Waals surface area contributed by atoms with Gasteiger partial charge >= 0.3 is 0 Å². The van der Waals surface area contributed by atoms with Crippen molar-refractivity contribution in [1.29, 1.82) is 0 Å². The molecule has 74 valence electrons. The average molecular weight is 192 g/mol. The fourth-order valence-electron chi connectivity index (χ4n) is 1.71. The Labute approximate surface area is 82.0 Å². The van der Waals surface area contributed by atoms with Crippen molar-refractivity contribution >= 4 is 0 Å². The van der Waals surface area contributed by atoms with Gasteiger partial charge in [-0.1, -0.05) is 18.2 Å². The Balaban J connectivity index is 2.47. The van der Waals surface area contributed by atoms with Gasteiger partial charge in [-0.15, -0.1) is 0 Å². The molecule has 3 heteroatoms. The lowest BCUT2D eigenvalue weighted by Crippen LogP contribution is -2.02. The van der Waals surface area contributed by atoms with E-state index in [0.29, 0.717) is 18.8 Å². The van der Waals surface area contributed by atoms with E-state index < -0.39 is 0 Å². The highest BCUT2D eigenvalue weighted by atomic mass is 16.5. The van der Waals surface area contributed by atoms with Crippen molar-refractivity contribution in [3.63, 3.8) is 0 Å². The molecule has 1 atom stereocenters. The molecule has 1 aromatic rings. The Morgan fingerprint density at radius 3 is 2.86 bits per heavy atom. The fraction of sp³-hybridized carbons (Fsp3) is 0.364. The first kappa shape index (κ1) is 9.21. The van der Waals surface area contributed by atoms with E-state index >= 15 is 0 Å². The lowest BCUT2D eigenvalue weighted by Gasteiger charge is -2.06. The van der Waals surface area contributed by atoms with Crippen molar-refractivity contribution in [3.05, 3.63) is 40.1 Å². The van der Waals surface area contributed by atoms with Gasteiger partial charge in [0.05, 0.1) is 6.61 Å². The monoisotopic (exact) mass is 192 g/mol. The molecule has 3 nitrogen and oxygen atoms in total. The zero-order valence-corrected chi connectivity index (χ0v) is 7.77. The second-order valence-corrected chi connectivity index (χ2v) is 3.45. The maximum atomic E-state index is 11.3. The summed E-state index contributed by atoms with van der Waals surface area (Å²) in [5.74, 6) is 0.0283. The summed E-state index contributed by atoms with van der Waals surface area (Å²) in [6.07, 6.45) is 0.872. The first-order valence-corrected chi connectivity index (χ1v) is 4.69. The number of hydrogen-bond donors (Lipinski definition) is 1. The standard InChI is InChI=1S/C11H12O3/c12-10-4-2-1-3-9(11(10)13)8-5-6-14-7-8/h1-4,8H,5-7H2,(H,12,13). The van der Waals surface area contributed by atoms with Crippen LogP contribution in [0.5, 0.6) is 5.75 Å². The van der Waals surface area contributed by atoms with Crippen molar-refractivity contribution in [2.75, 3.05) is 13.2 Å². The molecule has 0 radical (unpaired) electrons. The largest absolute Gasteiger partial charge is 0.504 e. The summed E-state index contributed by atoms with van der Waals surface area (Å²) in [7, 11) is 0. The molecule has 0 aromatic heterocycles. The Hall–Kier alpha value is -1.35. The minimum atomic E-state index is -0.322. The van der Waals surface area contributed by atoms with Gasteiger partial charge in [0, 0.05) is 18.1 Å². The van der Waals surface area contributed by atoms with E-state index in [0.717, 1.165) is 6.42 Å². The van der Waals surface area contributed by atoms with Crippen LogP contribution in [0.1, 0.15) is 17.9 Å². The average Bonchev–Trinajstić information content (AvgIpc) is 2.64. The van der Waals surface area contributed by atoms with Crippen molar-refractivity contribution in [2.24, 2.45) is 0 Å². The zero-order chi connectivity index (χ0) is 9.97. The third kappa shape index (κ3) is 1.63. The molecule has 1 heterocycles. The van der Waals surface area contributed by atoms with Crippen LogP contribution in [0.4, 0.5) is 0 Å². The molecule has 0 saturated carbocycles. The highest BCUT2D eigenvalue weighted by molar-refractivity contribution is 5.34. The van der Waals surface area contributed by atoms with Crippen LogP contribution in [0.3, 0.4) is 0 Å². The highest BCUT2D eigenvalue weighted by Gasteiger charge is 2.20. The minimum absolute atomic E-state index is 0.134. The Kier molecular flexibility index (Phi) is 2.50. The molecule has 2 rings (SSSR count). The molecule has 1 fully saturated rings. The van der Waals surface area contributed by atoms with Crippen LogP contribution >= 0.6 is 0 Å². The van der Waals surface area contributed by atoms with Gasteiger partial charge in [0.15, 0.2) is 5.75 Å². The lowest BCUT2D eigenvalue weighted by atomic mass is 9.99. The van der Waals surface area contributed by atoms with Gasteiger partial charge in [0.1, 0.15) is 0 Å². The molecule has 14 heavy (non-hydrogen) atoms. The quantitative estimate of drug-likeness (QED) is 0.728. The van der Waals surface area contributed by atoms with Crippen molar-refractivity contribution in [2.45, 2.75) is 12.3 Å². The maximum absolute atomic E-state index is 11.3. The molecule has 0 bridgehead atoms. The van der Waals surface area contributed by atoms with Crippen molar-refractivity contribution in [3.8, 4) is 5.75 Å². The van der Waals surface area contributed by atoms with Gasteiger partial charge in [-0.2, -0.15) is 0 Å². The summed E-state index contributed by atoms with van der Waals surface area (Å²) >= 11 is 0. The summed E-state index contributed by atoms with van der Waals surface area (Å²) < 4.78 is 5.22. The summed E-state index contributed by atoms with van der Waals surface area (Å²) in [6.45, 7) is 1.30. The van der Waals surface area contributed by atoms with Crippen molar-refractivity contribution < 1.29 is 9.84 Å². The van der Waals surface area contributed by atoms with Gasteiger partial charge in [0.2, 0.25) is 5.43 Å². The van der Waals surface area contributed by atoms with E-state index in [2.05, 4.69) is 0 Å². The normalized spacial score (nSPS) is 21.0. The summed E-state index contributed by atoms with van der Waals surface area (Å²) in [5, 5.41) is 9.65. The topological polar surface area (TPSA) is 46.5 Å². The first-order valence-electron chi connectivity index (χ1n) is 4.69. The van der Waals surface area contributed by atoms with Crippen LogP contribution < -0.4 is 5.43 Å². The predicted molar refractivity (Wildman–Crippen MR) is 52.6 cm³/mol. The molecule has 1 N–H and O–H groups in total. The molecule has 1 saturated heterocycles. The second-order valence-electron chi connectivity index (χ2n) is 3.45. The summed E-state index contributed by atoms with van der Waals surface area (Å²) in [5.41, 5.74) is 0.384. The molecular weight excluding hydrogens is 180 g/mol. The van der Waals surface area contributed by atoms with Gasteiger partial charge < -0.3 is 9.84 Å². The highest BCUT2D eigenvalue weighted by Crippen LogP contribution is 2.28.